The van der Waals surface area contributed by atoms with Gasteiger partial charge in [0.2, 0.25) is 5.88 Å². The maximum atomic E-state index is 6.16. The molecule has 1 fully saturated rings. The van der Waals surface area contributed by atoms with Crippen molar-refractivity contribution in [3.05, 3.63) is 23.9 Å². The molecule has 0 aromatic carbocycles. The minimum absolute atomic E-state index is 0.180. The van der Waals surface area contributed by atoms with Crippen molar-refractivity contribution in [2.75, 3.05) is 13.7 Å². The molecule has 0 atom stereocenters. The van der Waals surface area contributed by atoms with Crippen LogP contribution in [0.4, 0.5) is 0 Å². The first kappa shape index (κ1) is 15.3. The molecule has 1 aliphatic rings. The molecule has 0 aliphatic heterocycles. The summed E-state index contributed by atoms with van der Waals surface area (Å²) in [6, 6.07) is 5.73. The summed E-state index contributed by atoms with van der Waals surface area (Å²) in [5.41, 5.74) is 7.10. The van der Waals surface area contributed by atoms with Gasteiger partial charge in [-0.25, -0.2) is 4.98 Å². The first-order valence-electron chi connectivity index (χ1n) is 7.33. The van der Waals surface area contributed by atoms with Gasteiger partial charge in [-0.05, 0) is 37.2 Å². The number of nitrogens with two attached hydrogens (primary N) is 1. The molecule has 1 heterocycles. The summed E-state index contributed by atoms with van der Waals surface area (Å²) >= 11 is 0. The quantitative estimate of drug-likeness (QED) is 0.899. The monoisotopic (exact) mass is 278 g/mol. The molecule has 1 aromatic rings. The molecule has 0 amide bonds. The lowest BCUT2D eigenvalue weighted by molar-refractivity contribution is -0.0914. The van der Waals surface area contributed by atoms with Crippen LogP contribution in [0.1, 0.15) is 45.2 Å². The summed E-state index contributed by atoms with van der Waals surface area (Å²) in [5, 5.41) is 0. The van der Waals surface area contributed by atoms with Crippen molar-refractivity contribution in [2.24, 2.45) is 11.1 Å². The van der Waals surface area contributed by atoms with Gasteiger partial charge in [-0.15, -0.1) is 0 Å². The highest BCUT2D eigenvalue weighted by atomic mass is 16.5. The molecule has 1 aliphatic carbocycles. The number of nitrogens with zero attached hydrogens (tertiary/aromatic N) is 1. The van der Waals surface area contributed by atoms with E-state index in [1.54, 1.807) is 7.11 Å². The van der Waals surface area contributed by atoms with Crippen molar-refractivity contribution >= 4 is 0 Å². The Bertz CT molecular complexity index is 436. The maximum Gasteiger partial charge on any atom is 0.213 e. The van der Waals surface area contributed by atoms with Gasteiger partial charge in [0.05, 0.1) is 25.0 Å². The Hall–Kier alpha value is -1.13. The number of hydrogen-bond acceptors (Lipinski definition) is 4. The molecule has 4 nitrogen and oxygen atoms in total. The Morgan fingerprint density at radius 1 is 1.20 bits per heavy atom. The lowest BCUT2D eigenvalue weighted by Crippen LogP contribution is -2.45. The van der Waals surface area contributed by atoms with Crippen LogP contribution < -0.4 is 10.5 Å². The fourth-order valence-corrected chi connectivity index (χ4v) is 2.67. The smallest absolute Gasteiger partial charge is 0.213 e. The third-order valence-corrected chi connectivity index (χ3v) is 4.40. The molecular formula is C16H26N2O2. The first-order valence-corrected chi connectivity index (χ1v) is 7.33. The zero-order valence-electron chi connectivity index (χ0n) is 12.8. The predicted molar refractivity (Wildman–Crippen MR) is 79.6 cm³/mol. The molecule has 0 radical (unpaired) electrons. The standard InChI is InChI=1S/C16H26N2O2/c1-15(2)7-9-16(12-17,10-8-15)20-11-13-5-4-6-14(18-13)19-3/h4-6H,7-12,17H2,1-3H3. The Balaban J connectivity index is 1.97. The summed E-state index contributed by atoms with van der Waals surface area (Å²) in [6.07, 6.45) is 4.38. The fraction of sp³-hybridized carbons (Fsp3) is 0.688. The first-order chi connectivity index (χ1) is 9.49. The van der Waals surface area contributed by atoms with Crippen molar-refractivity contribution in [1.82, 2.24) is 4.98 Å². The van der Waals surface area contributed by atoms with Crippen molar-refractivity contribution in [3.8, 4) is 5.88 Å². The van der Waals surface area contributed by atoms with Gasteiger partial charge in [0.25, 0.3) is 0 Å². The van der Waals surface area contributed by atoms with E-state index in [2.05, 4.69) is 18.8 Å². The summed E-state index contributed by atoms with van der Waals surface area (Å²) in [6.45, 7) is 5.70. The van der Waals surface area contributed by atoms with Crippen LogP contribution in [-0.4, -0.2) is 24.2 Å². The molecule has 0 unspecified atom stereocenters. The molecular weight excluding hydrogens is 252 g/mol. The average molecular weight is 278 g/mol. The summed E-state index contributed by atoms with van der Waals surface area (Å²) in [4.78, 5) is 4.38. The van der Waals surface area contributed by atoms with Crippen LogP contribution in [0.2, 0.25) is 0 Å². The lowest BCUT2D eigenvalue weighted by Gasteiger charge is -2.42. The van der Waals surface area contributed by atoms with Crippen LogP contribution >= 0.6 is 0 Å². The van der Waals surface area contributed by atoms with Gasteiger partial charge < -0.3 is 15.2 Å². The van der Waals surface area contributed by atoms with Gasteiger partial charge in [0.15, 0.2) is 0 Å². The minimum atomic E-state index is -0.180. The van der Waals surface area contributed by atoms with Crippen LogP contribution in [0.25, 0.3) is 0 Å². The summed E-state index contributed by atoms with van der Waals surface area (Å²) in [7, 11) is 1.62. The highest BCUT2D eigenvalue weighted by Crippen LogP contribution is 2.41. The normalized spacial score (nSPS) is 20.6. The van der Waals surface area contributed by atoms with E-state index in [1.165, 1.54) is 0 Å². The van der Waals surface area contributed by atoms with Gasteiger partial charge in [-0.3, -0.25) is 0 Å². The zero-order chi connectivity index (χ0) is 14.6. The van der Waals surface area contributed by atoms with E-state index in [-0.39, 0.29) is 5.60 Å². The number of rotatable bonds is 5. The molecule has 2 N–H and O–H groups in total. The molecule has 20 heavy (non-hydrogen) atoms. The lowest BCUT2D eigenvalue weighted by atomic mass is 9.71. The Morgan fingerprint density at radius 3 is 2.50 bits per heavy atom. The average Bonchev–Trinajstić information content (AvgIpc) is 2.47. The van der Waals surface area contributed by atoms with Crippen LogP contribution in [0.15, 0.2) is 18.2 Å². The predicted octanol–water partition coefficient (Wildman–Crippen LogP) is 2.90. The van der Waals surface area contributed by atoms with E-state index in [0.717, 1.165) is 31.4 Å². The number of hydrogen-bond donors (Lipinski definition) is 1. The number of pyridine rings is 1. The van der Waals surface area contributed by atoms with E-state index in [9.17, 15) is 0 Å². The van der Waals surface area contributed by atoms with Gasteiger partial charge in [-0.1, -0.05) is 19.9 Å². The molecule has 0 saturated heterocycles. The Labute approximate surface area is 121 Å². The topological polar surface area (TPSA) is 57.4 Å². The van der Waals surface area contributed by atoms with Crippen LogP contribution in [0.5, 0.6) is 5.88 Å². The number of aromatic nitrogens is 1. The van der Waals surface area contributed by atoms with Gasteiger partial charge in [-0.2, -0.15) is 0 Å². The largest absolute Gasteiger partial charge is 0.481 e. The van der Waals surface area contributed by atoms with E-state index in [4.69, 9.17) is 15.2 Å². The fourth-order valence-electron chi connectivity index (χ4n) is 2.67. The minimum Gasteiger partial charge on any atom is -0.481 e. The van der Waals surface area contributed by atoms with Gasteiger partial charge >= 0.3 is 0 Å². The van der Waals surface area contributed by atoms with E-state index >= 15 is 0 Å². The van der Waals surface area contributed by atoms with E-state index in [1.807, 2.05) is 18.2 Å². The second kappa shape index (κ2) is 6.10. The molecule has 0 bridgehead atoms. The third-order valence-electron chi connectivity index (χ3n) is 4.40. The Kier molecular flexibility index (Phi) is 4.66. The van der Waals surface area contributed by atoms with E-state index in [0.29, 0.717) is 24.4 Å². The summed E-state index contributed by atoms with van der Waals surface area (Å²) in [5.74, 6) is 0.623. The van der Waals surface area contributed by atoms with Crippen LogP contribution in [0, 0.1) is 5.41 Å². The van der Waals surface area contributed by atoms with Gasteiger partial charge in [0, 0.05) is 12.6 Å². The van der Waals surface area contributed by atoms with Gasteiger partial charge in [0.1, 0.15) is 0 Å². The zero-order valence-corrected chi connectivity index (χ0v) is 12.8. The van der Waals surface area contributed by atoms with Crippen molar-refractivity contribution in [1.29, 1.82) is 0 Å². The molecule has 4 heteroatoms. The van der Waals surface area contributed by atoms with E-state index < -0.39 is 0 Å². The molecule has 2 rings (SSSR count). The van der Waals surface area contributed by atoms with Crippen molar-refractivity contribution in [2.45, 2.75) is 51.7 Å². The van der Waals surface area contributed by atoms with Crippen LogP contribution in [-0.2, 0) is 11.3 Å². The number of methoxy groups -OCH3 is 1. The third kappa shape index (κ3) is 3.70. The SMILES string of the molecule is COc1cccc(COC2(CN)CCC(C)(C)CC2)n1. The second-order valence-corrected chi connectivity index (χ2v) is 6.51. The van der Waals surface area contributed by atoms with Crippen molar-refractivity contribution in [3.63, 3.8) is 0 Å². The summed E-state index contributed by atoms with van der Waals surface area (Å²) < 4.78 is 11.3. The molecule has 1 aromatic heterocycles. The highest BCUT2D eigenvalue weighted by Gasteiger charge is 2.38. The maximum absolute atomic E-state index is 6.16. The van der Waals surface area contributed by atoms with Crippen molar-refractivity contribution < 1.29 is 9.47 Å². The Morgan fingerprint density at radius 2 is 1.90 bits per heavy atom. The highest BCUT2D eigenvalue weighted by molar-refractivity contribution is 5.15. The second-order valence-electron chi connectivity index (χ2n) is 6.51. The number of ether oxygens (including phenoxy) is 2. The molecule has 0 spiro atoms. The molecule has 112 valence electrons. The van der Waals surface area contributed by atoms with Crippen LogP contribution in [0.3, 0.4) is 0 Å². The molecule has 1 saturated carbocycles.